The zero-order chi connectivity index (χ0) is 8.74. The van der Waals surface area contributed by atoms with E-state index in [-0.39, 0.29) is 0 Å². The molecular weight excluding hydrogens is 200 g/mol. The molecule has 0 bridgehead atoms. The molecule has 0 nitrogen and oxygen atoms in total. The summed E-state index contributed by atoms with van der Waals surface area (Å²) < 4.78 is 0. The van der Waals surface area contributed by atoms with E-state index in [0.29, 0.717) is 5.41 Å². The molecule has 0 heterocycles. The quantitative estimate of drug-likeness (QED) is 0.584. The zero-order valence-electron chi connectivity index (χ0n) is 8.12. The van der Waals surface area contributed by atoms with E-state index in [2.05, 4.69) is 36.7 Å². The highest BCUT2D eigenvalue weighted by Crippen LogP contribution is 2.35. The van der Waals surface area contributed by atoms with E-state index >= 15 is 0 Å². The van der Waals surface area contributed by atoms with E-state index in [0.717, 1.165) is 0 Å². The number of alkyl halides is 1. The molecule has 68 valence electrons. The van der Waals surface area contributed by atoms with E-state index < -0.39 is 0 Å². The topological polar surface area (TPSA) is 0 Å². The largest absolute Gasteiger partial charge is 0.0922 e. The van der Waals surface area contributed by atoms with Crippen molar-refractivity contribution in [2.75, 3.05) is 5.33 Å². The molecule has 0 amide bonds. The number of rotatable bonds is 6. The Bertz CT molecular complexity index is 76.9. The van der Waals surface area contributed by atoms with Crippen molar-refractivity contribution in [3.8, 4) is 0 Å². The molecule has 0 aliphatic carbocycles. The standard InChI is InChI=1S/C10H21Br/c1-4-7-10(6-3,9-11)8-5-2/h4-9H2,1-3H3. The Morgan fingerprint density at radius 1 is 1.00 bits per heavy atom. The fraction of sp³-hybridized carbons (Fsp3) is 1.00. The fourth-order valence-electron chi connectivity index (χ4n) is 1.77. The van der Waals surface area contributed by atoms with Crippen LogP contribution in [0.1, 0.15) is 52.9 Å². The Kier molecular flexibility index (Phi) is 6.31. The van der Waals surface area contributed by atoms with Gasteiger partial charge in [0.1, 0.15) is 0 Å². The minimum Gasteiger partial charge on any atom is -0.0922 e. The molecule has 0 aromatic heterocycles. The average molecular weight is 221 g/mol. The number of halogens is 1. The number of hydrogen-bond acceptors (Lipinski definition) is 0. The summed E-state index contributed by atoms with van der Waals surface area (Å²) in [5, 5.41) is 1.18. The SMILES string of the molecule is CCCC(CC)(CBr)CCC. The van der Waals surface area contributed by atoms with Crippen LogP contribution in [0.4, 0.5) is 0 Å². The van der Waals surface area contributed by atoms with Gasteiger partial charge in [-0.05, 0) is 24.7 Å². The first-order valence-corrected chi connectivity index (χ1v) is 5.92. The second-order valence-corrected chi connectivity index (χ2v) is 4.05. The van der Waals surface area contributed by atoms with Gasteiger partial charge in [-0.25, -0.2) is 0 Å². The van der Waals surface area contributed by atoms with E-state index in [1.54, 1.807) is 0 Å². The van der Waals surface area contributed by atoms with Gasteiger partial charge in [0.05, 0.1) is 0 Å². The molecule has 0 aromatic carbocycles. The van der Waals surface area contributed by atoms with Crippen LogP contribution >= 0.6 is 15.9 Å². The highest BCUT2D eigenvalue weighted by atomic mass is 79.9. The fourth-order valence-corrected chi connectivity index (χ4v) is 2.72. The summed E-state index contributed by atoms with van der Waals surface area (Å²) in [6.45, 7) is 6.87. The van der Waals surface area contributed by atoms with Crippen LogP contribution in [0, 0.1) is 5.41 Å². The third kappa shape index (κ3) is 3.59. The second-order valence-electron chi connectivity index (χ2n) is 3.49. The van der Waals surface area contributed by atoms with Crippen molar-refractivity contribution >= 4 is 15.9 Å². The van der Waals surface area contributed by atoms with Crippen LogP contribution in [-0.2, 0) is 0 Å². The van der Waals surface area contributed by atoms with E-state index in [1.807, 2.05) is 0 Å². The van der Waals surface area contributed by atoms with Crippen molar-refractivity contribution in [2.24, 2.45) is 5.41 Å². The molecule has 0 aliphatic heterocycles. The van der Waals surface area contributed by atoms with Gasteiger partial charge in [0.25, 0.3) is 0 Å². The molecular formula is C10H21Br. The van der Waals surface area contributed by atoms with E-state index in [1.165, 1.54) is 37.4 Å². The zero-order valence-corrected chi connectivity index (χ0v) is 9.71. The van der Waals surface area contributed by atoms with Gasteiger partial charge in [-0.2, -0.15) is 0 Å². The molecule has 0 saturated heterocycles. The van der Waals surface area contributed by atoms with Crippen molar-refractivity contribution < 1.29 is 0 Å². The molecule has 0 saturated carbocycles. The number of hydrogen-bond donors (Lipinski definition) is 0. The Labute approximate surface area is 79.9 Å². The molecule has 1 heteroatoms. The Hall–Kier alpha value is 0.480. The third-order valence-corrected chi connectivity index (χ3v) is 3.78. The first-order valence-electron chi connectivity index (χ1n) is 4.80. The Morgan fingerprint density at radius 3 is 1.64 bits per heavy atom. The van der Waals surface area contributed by atoms with Gasteiger partial charge in [0.2, 0.25) is 0 Å². The maximum absolute atomic E-state index is 3.64. The molecule has 0 rings (SSSR count). The molecule has 0 N–H and O–H groups in total. The predicted molar refractivity (Wildman–Crippen MR) is 56.3 cm³/mol. The van der Waals surface area contributed by atoms with Crippen molar-refractivity contribution in [1.29, 1.82) is 0 Å². The minimum absolute atomic E-state index is 0.601. The normalized spacial score (nSPS) is 12.0. The lowest BCUT2D eigenvalue weighted by molar-refractivity contribution is 0.265. The van der Waals surface area contributed by atoms with Crippen LogP contribution in [0.3, 0.4) is 0 Å². The van der Waals surface area contributed by atoms with Gasteiger partial charge >= 0.3 is 0 Å². The summed E-state index contributed by atoms with van der Waals surface area (Å²) in [5.41, 5.74) is 0.601. The second kappa shape index (κ2) is 6.05. The van der Waals surface area contributed by atoms with Gasteiger partial charge < -0.3 is 0 Å². The third-order valence-electron chi connectivity index (χ3n) is 2.59. The van der Waals surface area contributed by atoms with Crippen LogP contribution in [0.15, 0.2) is 0 Å². The molecule has 0 fully saturated rings. The maximum Gasteiger partial charge on any atom is 0.00878 e. The van der Waals surface area contributed by atoms with Crippen LogP contribution in [-0.4, -0.2) is 5.33 Å². The van der Waals surface area contributed by atoms with Crippen LogP contribution in [0.25, 0.3) is 0 Å². The monoisotopic (exact) mass is 220 g/mol. The summed E-state index contributed by atoms with van der Waals surface area (Å²) in [4.78, 5) is 0. The lowest BCUT2D eigenvalue weighted by Gasteiger charge is -2.30. The van der Waals surface area contributed by atoms with E-state index in [4.69, 9.17) is 0 Å². The van der Waals surface area contributed by atoms with Crippen molar-refractivity contribution in [1.82, 2.24) is 0 Å². The van der Waals surface area contributed by atoms with Gasteiger partial charge in [-0.1, -0.05) is 49.5 Å². The smallest absolute Gasteiger partial charge is 0.00878 e. The predicted octanol–water partition coefficient (Wildman–Crippen LogP) is 4.38. The molecule has 0 aromatic rings. The average Bonchev–Trinajstić information content (AvgIpc) is 2.04. The van der Waals surface area contributed by atoms with Crippen LogP contribution < -0.4 is 0 Å². The Balaban J connectivity index is 3.96. The first kappa shape index (κ1) is 11.5. The van der Waals surface area contributed by atoms with E-state index in [9.17, 15) is 0 Å². The molecule has 11 heavy (non-hydrogen) atoms. The van der Waals surface area contributed by atoms with Crippen molar-refractivity contribution in [3.63, 3.8) is 0 Å². The molecule has 0 atom stereocenters. The highest BCUT2D eigenvalue weighted by molar-refractivity contribution is 9.09. The van der Waals surface area contributed by atoms with Crippen molar-refractivity contribution in [2.45, 2.75) is 52.9 Å². The molecule has 0 aliphatic rings. The summed E-state index contributed by atoms with van der Waals surface area (Å²) in [5.74, 6) is 0. The lowest BCUT2D eigenvalue weighted by atomic mass is 9.79. The minimum atomic E-state index is 0.601. The van der Waals surface area contributed by atoms with Gasteiger partial charge in [-0.3, -0.25) is 0 Å². The maximum atomic E-state index is 3.64. The van der Waals surface area contributed by atoms with Gasteiger partial charge in [0, 0.05) is 5.33 Å². The summed E-state index contributed by atoms with van der Waals surface area (Å²) in [7, 11) is 0. The Morgan fingerprint density at radius 2 is 1.45 bits per heavy atom. The van der Waals surface area contributed by atoms with Gasteiger partial charge in [0.15, 0.2) is 0 Å². The first-order chi connectivity index (χ1) is 5.24. The van der Waals surface area contributed by atoms with Crippen LogP contribution in [0.2, 0.25) is 0 Å². The molecule has 0 radical (unpaired) electrons. The summed E-state index contributed by atoms with van der Waals surface area (Å²) in [6, 6.07) is 0. The molecule has 0 spiro atoms. The van der Waals surface area contributed by atoms with Crippen LogP contribution in [0.5, 0.6) is 0 Å². The highest BCUT2D eigenvalue weighted by Gasteiger charge is 2.24. The lowest BCUT2D eigenvalue weighted by Crippen LogP contribution is -2.21. The van der Waals surface area contributed by atoms with Crippen molar-refractivity contribution in [3.05, 3.63) is 0 Å². The summed E-state index contributed by atoms with van der Waals surface area (Å²) >= 11 is 3.64. The summed E-state index contributed by atoms with van der Waals surface area (Å²) in [6.07, 6.45) is 6.71. The van der Waals surface area contributed by atoms with Gasteiger partial charge in [-0.15, -0.1) is 0 Å². The molecule has 0 unspecified atom stereocenters.